The van der Waals surface area contributed by atoms with Crippen LogP contribution in [0.3, 0.4) is 0 Å². The molecule has 0 saturated carbocycles. The van der Waals surface area contributed by atoms with Gasteiger partial charge in [-0.1, -0.05) is 17.7 Å². The van der Waals surface area contributed by atoms with Crippen LogP contribution in [0, 0.1) is 11.3 Å². The van der Waals surface area contributed by atoms with E-state index in [-0.39, 0.29) is 17.3 Å². The van der Waals surface area contributed by atoms with Gasteiger partial charge < -0.3 is 9.47 Å². The van der Waals surface area contributed by atoms with Crippen LogP contribution in [-0.4, -0.2) is 18.4 Å². The lowest BCUT2D eigenvalue weighted by Gasteiger charge is -2.13. The summed E-state index contributed by atoms with van der Waals surface area (Å²) in [6.07, 6.45) is 2.21. The van der Waals surface area contributed by atoms with Gasteiger partial charge in [-0.05, 0) is 18.2 Å². The number of aldehydes is 1. The molecule has 0 amide bonds. The molecule has 5 nitrogen and oxygen atoms in total. The normalized spacial score (nSPS) is 9.76. The number of benzene rings is 1. The van der Waals surface area contributed by atoms with Gasteiger partial charge in [-0.2, -0.15) is 5.26 Å². The van der Waals surface area contributed by atoms with Crippen LogP contribution in [0.1, 0.15) is 21.6 Å². The van der Waals surface area contributed by atoms with Crippen LogP contribution in [0.2, 0.25) is 5.02 Å². The third kappa shape index (κ3) is 3.30. The zero-order chi connectivity index (χ0) is 15.2. The van der Waals surface area contributed by atoms with Crippen molar-refractivity contribution in [2.45, 2.75) is 6.61 Å². The van der Waals surface area contributed by atoms with Gasteiger partial charge in [-0.3, -0.25) is 4.79 Å². The number of methoxy groups -OCH3 is 1. The average Bonchev–Trinajstić information content (AvgIpc) is 2.53. The number of nitriles is 1. The van der Waals surface area contributed by atoms with Gasteiger partial charge in [0.25, 0.3) is 0 Å². The highest BCUT2D eigenvalue weighted by Crippen LogP contribution is 2.36. The summed E-state index contributed by atoms with van der Waals surface area (Å²) >= 11 is 6.09. The Bertz CT molecular complexity index is 711. The summed E-state index contributed by atoms with van der Waals surface area (Å²) in [5.74, 6) is 0.671. The first kappa shape index (κ1) is 14.8. The molecule has 1 aromatic heterocycles. The van der Waals surface area contributed by atoms with Gasteiger partial charge in [-0.15, -0.1) is 0 Å². The molecule has 21 heavy (non-hydrogen) atoms. The molecule has 0 bridgehead atoms. The van der Waals surface area contributed by atoms with E-state index in [1.54, 1.807) is 12.1 Å². The molecule has 0 fully saturated rings. The Kier molecular flexibility index (Phi) is 4.75. The van der Waals surface area contributed by atoms with Crippen LogP contribution in [0.25, 0.3) is 0 Å². The SMILES string of the molecule is COc1cc(C=O)cc(Cl)c1OCc1cccnc1C#N. The van der Waals surface area contributed by atoms with Gasteiger partial charge in [-0.25, -0.2) is 4.98 Å². The fraction of sp³-hybridized carbons (Fsp3) is 0.133. The summed E-state index contributed by atoms with van der Waals surface area (Å²) in [6.45, 7) is 0.118. The van der Waals surface area contributed by atoms with E-state index in [1.807, 2.05) is 6.07 Å². The van der Waals surface area contributed by atoms with E-state index in [9.17, 15) is 4.79 Å². The second kappa shape index (κ2) is 6.73. The van der Waals surface area contributed by atoms with Crippen LogP contribution in [0.5, 0.6) is 11.5 Å². The van der Waals surface area contributed by atoms with Crippen molar-refractivity contribution in [1.82, 2.24) is 4.98 Å². The Balaban J connectivity index is 2.28. The molecule has 0 atom stereocenters. The van der Waals surface area contributed by atoms with Gasteiger partial charge in [0.1, 0.15) is 24.7 Å². The Morgan fingerprint density at radius 1 is 1.48 bits per heavy atom. The zero-order valence-corrected chi connectivity index (χ0v) is 11.9. The van der Waals surface area contributed by atoms with Crippen molar-refractivity contribution in [3.63, 3.8) is 0 Å². The quantitative estimate of drug-likeness (QED) is 0.794. The van der Waals surface area contributed by atoms with Gasteiger partial charge >= 0.3 is 0 Å². The van der Waals surface area contributed by atoms with Crippen molar-refractivity contribution in [2.75, 3.05) is 7.11 Å². The smallest absolute Gasteiger partial charge is 0.180 e. The number of carbonyl (C=O) groups excluding carboxylic acids is 1. The summed E-state index contributed by atoms with van der Waals surface area (Å²) < 4.78 is 10.8. The van der Waals surface area contributed by atoms with Gasteiger partial charge in [0, 0.05) is 17.3 Å². The molecule has 106 valence electrons. The van der Waals surface area contributed by atoms with Crippen LogP contribution in [0.4, 0.5) is 0 Å². The molecular formula is C15H11ClN2O3. The summed E-state index contributed by atoms with van der Waals surface area (Å²) in [5, 5.41) is 9.24. The van der Waals surface area contributed by atoms with Crippen molar-refractivity contribution < 1.29 is 14.3 Å². The Hall–Kier alpha value is -2.58. The first-order valence-corrected chi connectivity index (χ1v) is 6.37. The van der Waals surface area contributed by atoms with Crippen LogP contribution in [-0.2, 0) is 6.61 Å². The highest BCUT2D eigenvalue weighted by molar-refractivity contribution is 6.32. The molecule has 0 spiro atoms. The van der Waals surface area contributed by atoms with E-state index < -0.39 is 0 Å². The Morgan fingerprint density at radius 3 is 2.95 bits per heavy atom. The van der Waals surface area contributed by atoms with E-state index in [1.165, 1.54) is 25.4 Å². The lowest BCUT2D eigenvalue weighted by atomic mass is 10.2. The molecule has 0 saturated heterocycles. The van der Waals surface area contributed by atoms with Crippen LogP contribution < -0.4 is 9.47 Å². The minimum absolute atomic E-state index is 0.118. The number of hydrogen-bond acceptors (Lipinski definition) is 5. The van der Waals surface area contributed by atoms with Crippen LogP contribution >= 0.6 is 11.6 Å². The molecule has 0 N–H and O–H groups in total. The lowest BCUT2D eigenvalue weighted by molar-refractivity contribution is 0.112. The average molecular weight is 303 g/mol. The molecule has 0 radical (unpaired) electrons. The maximum atomic E-state index is 10.8. The molecule has 0 aliphatic carbocycles. The van der Waals surface area contributed by atoms with E-state index in [0.29, 0.717) is 28.9 Å². The Morgan fingerprint density at radius 2 is 2.29 bits per heavy atom. The van der Waals surface area contributed by atoms with Crippen molar-refractivity contribution in [1.29, 1.82) is 5.26 Å². The van der Waals surface area contributed by atoms with E-state index in [0.717, 1.165) is 0 Å². The topological polar surface area (TPSA) is 72.2 Å². The maximum absolute atomic E-state index is 10.8. The number of carbonyl (C=O) groups is 1. The van der Waals surface area contributed by atoms with Gasteiger partial charge in [0.05, 0.1) is 12.1 Å². The first-order valence-electron chi connectivity index (χ1n) is 5.99. The maximum Gasteiger partial charge on any atom is 0.180 e. The number of aromatic nitrogens is 1. The Labute approximate surface area is 126 Å². The fourth-order valence-corrected chi connectivity index (χ4v) is 2.03. The third-order valence-corrected chi connectivity index (χ3v) is 3.04. The largest absolute Gasteiger partial charge is 0.493 e. The minimum Gasteiger partial charge on any atom is -0.493 e. The van der Waals surface area contributed by atoms with Crippen molar-refractivity contribution in [3.8, 4) is 17.6 Å². The lowest BCUT2D eigenvalue weighted by Crippen LogP contribution is -2.02. The van der Waals surface area contributed by atoms with Crippen molar-refractivity contribution in [2.24, 2.45) is 0 Å². The summed E-state index contributed by atoms with van der Waals surface area (Å²) in [7, 11) is 1.46. The van der Waals surface area contributed by atoms with E-state index in [2.05, 4.69) is 4.98 Å². The number of hydrogen-bond donors (Lipinski definition) is 0. The molecule has 6 heteroatoms. The van der Waals surface area contributed by atoms with Crippen molar-refractivity contribution >= 4 is 17.9 Å². The molecule has 1 heterocycles. The summed E-state index contributed by atoms with van der Waals surface area (Å²) in [6, 6.07) is 8.47. The number of halogens is 1. The zero-order valence-electron chi connectivity index (χ0n) is 11.2. The molecule has 2 rings (SSSR count). The predicted molar refractivity (Wildman–Crippen MR) is 76.7 cm³/mol. The summed E-state index contributed by atoms with van der Waals surface area (Å²) in [5.41, 5.74) is 1.32. The van der Waals surface area contributed by atoms with Crippen LogP contribution in [0.15, 0.2) is 30.5 Å². The first-order chi connectivity index (χ1) is 10.2. The van der Waals surface area contributed by atoms with E-state index in [4.69, 9.17) is 26.3 Å². The van der Waals surface area contributed by atoms with Crippen molar-refractivity contribution in [3.05, 3.63) is 52.3 Å². The number of pyridine rings is 1. The standard InChI is InChI=1S/C15H11ClN2O3/c1-20-14-6-10(8-19)5-12(16)15(14)21-9-11-3-2-4-18-13(11)7-17/h2-6,8H,9H2,1H3. The highest BCUT2D eigenvalue weighted by atomic mass is 35.5. The molecule has 0 unspecified atom stereocenters. The minimum atomic E-state index is 0.118. The monoisotopic (exact) mass is 302 g/mol. The molecule has 1 aromatic carbocycles. The number of ether oxygens (including phenoxy) is 2. The fourth-order valence-electron chi connectivity index (χ4n) is 1.75. The number of nitrogens with zero attached hydrogens (tertiary/aromatic N) is 2. The molecule has 0 aliphatic heterocycles. The second-order valence-corrected chi connectivity index (χ2v) is 4.47. The molecule has 0 aliphatic rings. The summed E-state index contributed by atoms with van der Waals surface area (Å²) in [4.78, 5) is 14.8. The van der Waals surface area contributed by atoms with Gasteiger partial charge in [0.2, 0.25) is 0 Å². The van der Waals surface area contributed by atoms with Gasteiger partial charge in [0.15, 0.2) is 11.5 Å². The predicted octanol–water partition coefficient (Wildman–Crippen LogP) is 3.01. The second-order valence-electron chi connectivity index (χ2n) is 4.06. The van der Waals surface area contributed by atoms with E-state index >= 15 is 0 Å². The molecule has 2 aromatic rings. The third-order valence-electron chi connectivity index (χ3n) is 2.76. The number of rotatable bonds is 5. The molecular weight excluding hydrogens is 292 g/mol. The highest BCUT2D eigenvalue weighted by Gasteiger charge is 2.13.